The highest BCUT2D eigenvalue weighted by atomic mass is 16.5. The van der Waals surface area contributed by atoms with Gasteiger partial charge in [0.05, 0.1) is 19.8 Å². The number of unbranched alkanes of at least 4 members (excludes halogenated alkanes) is 1. The Morgan fingerprint density at radius 1 is 1.14 bits per heavy atom. The van der Waals surface area contributed by atoms with Gasteiger partial charge in [-0.15, -0.1) is 0 Å². The third-order valence-corrected chi connectivity index (χ3v) is 4.90. The van der Waals surface area contributed by atoms with E-state index in [1.165, 1.54) is 0 Å². The standard InChI is InChI=1S/C22H29N3O3/c1-3-4-13-28-21-8-6-5-7-18(21)19-14-20(25-24-19)22(26)23-15-16-9-11-17(27-2)12-10-16/h5-12,19-20,24-25H,3-4,13-15H2,1-2H3,(H,23,26). The van der Waals surface area contributed by atoms with Crippen molar-refractivity contribution in [2.45, 2.75) is 44.8 Å². The van der Waals surface area contributed by atoms with Gasteiger partial charge in [-0.2, -0.15) is 0 Å². The van der Waals surface area contributed by atoms with Crippen molar-refractivity contribution in [3.05, 3.63) is 59.7 Å². The van der Waals surface area contributed by atoms with Crippen LogP contribution in [0.2, 0.25) is 0 Å². The van der Waals surface area contributed by atoms with E-state index in [0.717, 1.165) is 35.5 Å². The molecule has 2 aromatic carbocycles. The maximum Gasteiger partial charge on any atom is 0.238 e. The molecule has 1 aliphatic heterocycles. The topological polar surface area (TPSA) is 71.6 Å². The highest BCUT2D eigenvalue weighted by Crippen LogP contribution is 2.30. The number of rotatable bonds is 9. The number of ether oxygens (including phenoxy) is 2. The quantitative estimate of drug-likeness (QED) is 0.581. The van der Waals surface area contributed by atoms with Crippen molar-refractivity contribution >= 4 is 5.91 Å². The molecule has 28 heavy (non-hydrogen) atoms. The lowest BCUT2D eigenvalue weighted by atomic mass is 10.0. The first-order chi connectivity index (χ1) is 13.7. The molecule has 0 radical (unpaired) electrons. The second kappa shape index (κ2) is 10.1. The number of methoxy groups -OCH3 is 1. The van der Waals surface area contributed by atoms with Crippen LogP contribution in [0.25, 0.3) is 0 Å². The summed E-state index contributed by atoms with van der Waals surface area (Å²) in [5.41, 5.74) is 8.47. The van der Waals surface area contributed by atoms with Gasteiger partial charge in [0.15, 0.2) is 0 Å². The molecule has 3 N–H and O–H groups in total. The van der Waals surface area contributed by atoms with Gasteiger partial charge in [0.1, 0.15) is 17.5 Å². The molecule has 3 rings (SSSR count). The summed E-state index contributed by atoms with van der Waals surface area (Å²) < 4.78 is 11.1. The van der Waals surface area contributed by atoms with Crippen molar-refractivity contribution in [3.63, 3.8) is 0 Å². The zero-order chi connectivity index (χ0) is 19.8. The van der Waals surface area contributed by atoms with Crippen molar-refractivity contribution in [2.75, 3.05) is 13.7 Å². The lowest BCUT2D eigenvalue weighted by Crippen LogP contribution is -2.42. The third kappa shape index (κ3) is 5.24. The lowest BCUT2D eigenvalue weighted by Gasteiger charge is -2.16. The van der Waals surface area contributed by atoms with Crippen LogP contribution in [0.3, 0.4) is 0 Å². The summed E-state index contributed by atoms with van der Waals surface area (Å²) in [5, 5.41) is 2.99. The van der Waals surface area contributed by atoms with Gasteiger partial charge in [-0.05, 0) is 36.6 Å². The molecular weight excluding hydrogens is 354 g/mol. The Morgan fingerprint density at radius 2 is 1.93 bits per heavy atom. The SMILES string of the molecule is CCCCOc1ccccc1C1CC(C(=O)NCc2ccc(OC)cc2)NN1. The smallest absolute Gasteiger partial charge is 0.238 e. The monoisotopic (exact) mass is 383 g/mol. The average Bonchev–Trinajstić information content (AvgIpc) is 3.23. The van der Waals surface area contributed by atoms with Crippen molar-refractivity contribution < 1.29 is 14.3 Å². The summed E-state index contributed by atoms with van der Waals surface area (Å²) in [5.74, 6) is 1.67. The van der Waals surface area contributed by atoms with Crippen LogP contribution >= 0.6 is 0 Å². The number of hydrazine groups is 1. The average molecular weight is 383 g/mol. The molecule has 2 atom stereocenters. The van der Waals surface area contributed by atoms with Gasteiger partial charge < -0.3 is 14.8 Å². The fourth-order valence-electron chi connectivity index (χ4n) is 3.21. The van der Waals surface area contributed by atoms with E-state index < -0.39 is 0 Å². The molecule has 1 amide bonds. The van der Waals surface area contributed by atoms with Crippen LogP contribution in [0.15, 0.2) is 48.5 Å². The molecule has 6 heteroatoms. The maximum atomic E-state index is 12.5. The first-order valence-corrected chi connectivity index (χ1v) is 9.84. The molecule has 1 fully saturated rings. The summed E-state index contributed by atoms with van der Waals surface area (Å²) in [6, 6.07) is 15.5. The van der Waals surface area contributed by atoms with E-state index in [2.05, 4.69) is 29.2 Å². The molecule has 150 valence electrons. The Morgan fingerprint density at radius 3 is 2.68 bits per heavy atom. The van der Waals surface area contributed by atoms with Gasteiger partial charge in [-0.3, -0.25) is 4.79 Å². The zero-order valence-electron chi connectivity index (χ0n) is 16.5. The first kappa shape index (κ1) is 20.2. The third-order valence-electron chi connectivity index (χ3n) is 4.90. The Hall–Kier alpha value is -2.57. The highest BCUT2D eigenvalue weighted by molar-refractivity contribution is 5.82. The summed E-state index contributed by atoms with van der Waals surface area (Å²) in [6.07, 6.45) is 2.80. The number of hydrogen-bond acceptors (Lipinski definition) is 5. The molecule has 2 aromatic rings. The minimum Gasteiger partial charge on any atom is -0.497 e. The van der Waals surface area contributed by atoms with Crippen molar-refractivity contribution in [1.29, 1.82) is 0 Å². The molecule has 0 spiro atoms. The van der Waals surface area contributed by atoms with Crippen LogP contribution in [0, 0.1) is 0 Å². The lowest BCUT2D eigenvalue weighted by molar-refractivity contribution is -0.123. The molecule has 6 nitrogen and oxygen atoms in total. The normalized spacial score (nSPS) is 18.6. The number of carbonyl (C=O) groups excluding carboxylic acids is 1. The molecule has 0 aromatic heterocycles. The summed E-state index contributed by atoms with van der Waals surface area (Å²) in [7, 11) is 1.64. The van der Waals surface area contributed by atoms with E-state index in [9.17, 15) is 4.79 Å². The van der Waals surface area contributed by atoms with E-state index in [0.29, 0.717) is 19.6 Å². The fourth-order valence-corrected chi connectivity index (χ4v) is 3.21. The van der Waals surface area contributed by atoms with Crippen LogP contribution in [-0.4, -0.2) is 25.7 Å². The predicted octanol–water partition coefficient (Wildman–Crippen LogP) is 3.10. The molecule has 1 heterocycles. The number of hydrogen-bond donors (Lipinski definition) is 3. The predicted molar refractivity (Wildman–Crippen MR) is 109 cm³/mol. The first-order valence-electron chi connectivity index (χ1n) is 9.84. The molecule has 0 aliphatic carbocycles. The minimum atomic E-state index is -0.285. The number of benzene rings is 2. The fraction of sp³-hybridized carbons (Fsp3) is 0.409. The zero-order valence-corrected chi connectivity index (χ0v) is 16.5. The van der Waals surface area contributed by atoms with Gasteiger partial charge >= 0.3 is 0 Å². The van der Waals surface area contributed by atoms with E-state index in [4.69, 9.17) is 9.47 Å². The molecular formula is C22H29N3O3. The van der Waals surface area contributed by atoms with Gasteiger partial charge in [0.25, 0.3) is 0 Å². The van der Waals surface area contributed by atoms with Crippen LogP contribution in [-0.2, 0) is 11.3 Å². The molecule has 1 aliphatic rings. The van der Waals surface area contributed by atoms with Crippen molar-refractivity contribution in [1.82, 2.24) is 16.2 Å². The summed E-state index contributed by atoms with van der Waals surface area (Å²) in [4.78, 5) is 12.5. The molecule has 0 saturated carbocycles. The molecule has 0 bridgehead atoms. The second-order valence-corrected chi connectivity index (χ2v) is 6.94. The van der Waals surface area contributed by atoms with Crippen LogP contribution in [0.1, 0.15) is 43.4 Å². The van der Waals surface area contributed by atoms with E-state index in [-0.39, 0.29) is 18.0 Å². The van der Waals surface area contributed by atoms with Crippen LogP contribution in [0.5, 0.6) is 11.5 Å². The second-order valence-electron chi connectivity index (χ2n) is 6.94. The van der Waals surface area contributed by atoms with Gasteiger partial charge in [-0.25, -0.2) is 10.9 Å². The van der Waals surface area contributed by atoms with E-state index in [1.807, 2.05) is 42.5 Å². The van der Waals surface area contributed by atoms with Crippen molar-refractivity contribution in [2.24, 2.45) is 0 Å². The number of carbonyl (C=O) groups is 1. The Balaban J connectivity index is 1.53. The van der Waals surface area contributed by atoms with Crippen LogP contribution in [0.4, 0.5) is 0 Å². The minimum absolute atomic E-state index is 0.0183. The van der Waals surface area contributed by atoms with E-state index >= 15 is 0 Å². The summed E-state index contributed by atoms with van der Waals surface area (Å²) >= 11 is 0. The molecule has 2 unspecified atom stereocenters. The Bertz CT molecular complexity index is 764. The van der Waals surface area contributed by atoms with Gasteiger partial charge in [0, 0.05) is 12.1 Å². The maximum absolute atomic E-state index is 12.5. The largest absolute Gasteiger partial charge is 0.497 e. The van der Waals surface area contributed by atoms with Gasteiger partial charge in [0.2, 0.25) is 5.91 Å². The molecule has 1 saturated heterocycles. The highest BCUT2D eigenvalue weighted by Gasteiger charge is 2.31. The van der Waals surface area contributed by atoms with Crippen molar-refractivity contribution in [3.8, 4) is 11.5 Å². The summed E-state index contributed by atoms with van der Waals surface area (Å²) in [6.45, 7) is 3.34. The number of amides is 1. The van der Waals surface area contributed by atoms with E-state index in [1.54, 1.807) is 7.11 Å². The Labute approximate surface area is 166 Å². The van der Waals surface area contributed by atoms with Crippen LogP contribution < -0.4 is 25.6 Å². The number of para-hydroxylation sites is 1. The van der Waals surface area contributed by atoms with Gasteiger partial charge in [-0.1, -0.05) is 43.7 Å². The number of nitrogens with one attached hydrogen (secondary N) is 3. The Kier molecular flexibility index (Phi) is 7.28.